The van der Waals surface area contributed by atoms with Crippen LogP contribution in [0.2, 0.25) is 0 Å². The maximum absolute atomic E-state index is 12.7. The summed E-state index contributed by atoms with van der Waals surface area (Å²) in [5.74, 6) is 0.193. The van der Waals surface area contributed by atoms with Gasteiger partial charge in [-0.15, -0.1) is 0 Å². The summed E-state index contributed by atoms with van der Waals surface area (Å²) in [5, 5.41) is 19.8. The van der Waals surface area contributed by atoms with Crippen molar-refractivity contribution in [3.63, 3.8) is 0 Å². The minimum atomic E-state index is -0.670. The lowest BCUT2D eigenvalue weighted by molar-refractivity contribution is 0.0836. The van der Waals surface area contributed by atoms with Crippen molar-refractivity contribution in [3.8, 4) is 6.01 Å². The lowest BCUT2D eigenvalue weighted by atomic mass is 10.00. The highest BCUT2D eigenvalue weighted by Crippen LogP contribution is 2.19. The molecule has 2 aliphatic rings. The molecular formula is C23H32N6O3. The number of ether oxygens (including phenoxy) is 1. The first-order chi connectivity index (χ1) is 15.5. The summed E-state index contributed by atoms with van der Waals surface area (Å²) < 4.78 is 5.62. The van der Waals surface area contributed by atoms with Gasteiger partial charge in [-0.05, 0) is 31.4 Å². The maximum atomic E-state index is 12.7. The van der Waals surface area contributed by atoms with Gasteiger partial charge in [0.1, 0.15) is 11.5 Å². The normalized spacial score (nSPS) is 17.4. The van der Waals surface area contributed by atoms with E-state index in [1.54, 1.807) is 6.07 Å². The predicted molar refractivity (Wildman–Crippen MR) is 122 cm³/mol. The first-order valence-electron chi connectivity index (χ1n) is 11.2. The summed E-state index contributed by atoms with van der Waals surface area (Å²) in [6.45, 7) is 7.82. The zero-order valence-electron chi connectivity index (χ0n) is 18.7. The lowest BCUT2D eigenvalue weighted by Gasteiger charge is -2.30. The van der Waals surface area contributed by atoms with Crippen molar-refractivity contribution in [1.82, 2.24) is 25.5 Å². The number of anilines is 1. The number of fused-ring (bicyclic) bond motifs is 1. The molecule has 1 amide bonds. The van der Waals surface area contributed by atoms with Gasteiger partial charge in [-0.3, -0.25) is 9.69 Å². The third-order valence-corrected chi connectivity index (χ3v) is 5.59. The van der Waals surface area contributed by atoms with Crippen LogP contribution in [-0.2, 0) is 13.0 Å². The largest absolute Gasteiger partial charge is 0.461 e. The molecule has 0 aliphatic carbocycles. The van der Waals surface area contributed by atoms with Gasteiger partial charge in [0.15, 0.2) is 0 Å². The topological polar surface area (TPSA) is 112 Å². The molecule has 0 saturated carbocycles. The van der Waals surface area contributed by atoms with Crippen molar-refractivity contribution >= 4 is 11.7 Å². The van der Waals surface area contributed by atoms with Crippen molar-refractivity contribution in [1.29, 1.82) is 0 Å². The Morgan fingerprint density at radius 3 is 2.78 bits per heavy atom. The number of hydrogen-bond donors (Lipinski definition) is 4. The number of nitrogens with one attached hydrogen (secondary N) is 3. The number of aromatic nitrogens is 2. The van der Waals surface area contributed by atoms with E-state index in [-0.39, 0.29) is 36.3 Å². The van der Waals surface area contributed by atoms with Crippen LogP contribution in [0.25, 0.3) is 0 Å². The van der Waals surface area contributed by atoms with Crippen LogP contribution in [0, 0.1) is 0 Å². The number of aliphatic hydroxyl groups excluding tert-OH is 1. The number of rotatable bonds is 9. The minimum Gasteiger partial charge on any atom is -0.461 e. The van der Waals surface area contributed by atoms with Crippen LogP contribution in [0.1, 0.15) is 35.5 Å². The number of nitrogens with zero attached hydrogens (tertiary/aromatic N) is 3. The number of carbonyl (C=O) groups is 1. The van der Waals surface area contributed by atoms with Crippen molar-refractivity contribution in [2.45, 2.75) is 45.1 Å². The molecule has 1 saturated heterocycles. The van der Waals surface area contributed by atoms with E-state index in [1.807, 2.05) is 19.9 Å². The SMILES string of the molecule is CC(C)Oc1nc(NC2CNC2)cc(C(=O)NCC(O)CN2CCc3ccccc3C2)n1. The van der Waals surface area contributed by atoms with Gasteiger partial charge >= 0.3 is 6.01 Å². The first kappa shape index (κ1) is 22.4. The second-order valence-electron chi connectivity index (χ2n) is 8.70. The van der Waals surface area contributed by atoms with Gasteiger partial charge in [0.05, 0.1) is 18.2 Å². The Balaban J connectivity index is 1.33. The quantitative estimate of drug-likeness (QED) is 0.453. The molecule has 1 aromatic heterocycles. The third-order valence-electron chi connectivity index (χ3n) is 5.59. The Hall–Kier alpha value is -2.75. The fourth-order valence-electron chi connectivity index (χ4n) is 3.85. The van der Waals surface area contributed by atoms with Gasteiger partial charge in [0, 0.05) is 45.3 Å². The summed E-state index contributed by atoms with van der Waals surface area (Å²) in [5.41, 5.74) is 2.89. The van der Waals surface area contributed by atoms with Crippen molar-refractivity contribution in [3.05, 3.63) is 47.2 Å². The molecular weight excluding hydrogens is 408 g/mol. The van der Waals surface area contributed by atoms with Crippen LogP contribution in [0.15, 0.2) is 30.3 Å². The van der Waals surface area contributed by atoms with E-state index >= 15 is 0 Å². The molecule has 9 nitrogen and oxygen atoms in total. The van der Waals surface area contributed by atoms with Crippen molar-refractivity contribution < 1.29 is 14.6 Å². The minimum absolute atomic E-state index is 0.108. The van der Waals surface area contributed by atoms with Crippen molar-refractivity contribution in [2.75, 3.05) is 38.0 Å². The highest BCUT2D eigenvalue weighted by molar-refractivity contribution is 5.93. The van der Waals surface area contributed by atoms with E-state index in [1.165, 1.54) is 11.1 Å². The number of amides is 1. The number of hydrogen-bond acceptors (Lipinski definition) is 8. The van der Waals surface area contributed by atoms with E-state index in [2.05, 4.69) is 49.0 Å². The second-order valence-corrected chi connectivity index (χ2v) is 8.70. The Morgan fingerprint density at radius 2 is 2.06 bits per heavy atom. The number of aliphatic hydroxyl groups is 1. The predicted octanol–water partition coefficient (Wildman–Crippen LogP) is 0.797. The van der Waals surface area contributed by atoms with Gasteiger partial charge in [-0.2, -0.15) is 9.97 Å². The summed E-state index contributed by atoms with van der Waals surface area (Å²) in [6.07, 6.45) is 0.195. The van der Waals surface area contributed by atoms with E-state index < -0.39 is 6.10 Å². The molecule has 3 heterocycles. The van der Waals surface area contributed by atoms with Crippen molar-refractivity contribution in [2.24, 2.45) is 0 Å². The molecule has 32 heavy (non-hydrogen) atoms. The molecule has 172 valence electrons. The highest BCUT2D eigenvalue weighted by atomic mass is 16.5. The van der Waals surface area contributed by atoms with Crippen LogP contribution in [0.4, 0.5) is 5.82 Å². The molecule has 1 unspecified atom stereocenters. The van der Waals surface area contributed by atoms with E-state index in [9.17, 15) is 9.90 Å². The van der Waals surface area contributed by atoms with Crippen LogP contribution in [-0.4, -0.2) is 76.9 Å². The fraction of sp³-hybridized carbons (Fsp3) is 0.522. The van der Waals surface area contributed by atoms with E-state index in [0.717, 1.165) is 32.6 Å². The van der Waals surface area contributed by atoms with Crippen LogP contribution in [0.5, 0.6) is 6.01 Å². The molecule has 1 atom stereocenters. The maximum Gasteiger partial charge on any atom is 0.319 e. The Labute approximate surface area is 188 Å². The van der Waals surface area contributed by atoms with Gasteiger partial charge < -0.3 is 25.8 Å². The number of benzene rings is 1. The second kappa shape index (κ2) is 10.2. The van der Waals surface area contributed by atoms with Crippen LogP contribution in [0.3, 0.4) is 0 Å². The molecule has 4 N–H and O–H groups in total. The summed E-state index contributed by atoms with van der Waals surface area (Å²) in [4.78, 5) is 23.6. The van der Waals surface area contributed by atoms with E-state index in [4.69, 9.17) is 4.74 Å². The molecule has 1 fully saturated rings. The van der Waals surface area contributed by atoms with Gasteiger partial charge in [0.25, 0.3) is 5.91 Å². The molecule has 2 aromatic rings. The fourth-order valence-corrected chi connectivity index (χ4v) is 3.85. The van der Waals surface area contributed by atoms with Gasteiger partial charge in [-0.25, -0.2) is 0 Å². The smallest absolute Gasteiger partial charge is 0.319 e. The van der Waals surface area contributed by atoms with Crippen LogP contribution < -0.4 is 20.7 Å². The molecule has 1 aromatic carbocycles. The molecule has 0 radical (unpaired) electrons. The molecule has 4 rings (SSSR count). The number of carbonyl (C=O) groups excluding carboxylic acids is 1. The standard InChI is InChI=1S/C23H32N6O3/c1-15(2)32-23-27-20(9-21(28-23)26-18-10-24-11-18)22(31)25-12-19(30)14-29-8-7-16-5-3-4-6-17(16)13-29/h3-6,9,15,18-19,24,30H,7-8,10-14H2,1-2H3,(H,25,31)(H,26,27,28). The zero-order valence-corrected chi connectivity index (χ0v) is 18.7. The monoisotopic (exact) mass is 440 g/mol. The molecule has 2 aliphatic heterocycles. The summed E-state index contributed by atoms with van der Waals surface area (Å²) in [7, 11) is 0. The lowest BCUT2D eigenvalue weighted by Crippen LogP contribution is -2.51. The van der Waals surface area contributed by atoms with E-state index in [0.29, 0.717) is 12.4 Å². The summed E-state index contributed by atoms with van der Waals surface area (Å²) in [6, 6.07) is 10.4. The average molecular weight is 441 g/mol. The summed E-state index contributed by atoms with van der Waals surface area (Å²) >= 11 is 0. The zero-order chi connectivity index (χ0) is 22.5. The Kier molecular flexibility index (Phi) is 7.19. The van der Waals surface area contributed by atoms with Crippen LogP contribution >= 0.6 is 0 Å². The Morgan fingerprint density at radius 1 is 1.28 bits per heavy atom. The third kappa shape index (κ3) is 5.93. The number of β-amino-alcohol motifs (C(OH)–C–C–N with tert-alkyl or cyclic N) is 1. The van der Waals surface area contributed by atoms with Gasteiger partial charge in [0.2, 0.25) is 0 Å². The highest BCUT2D eigenvalue weighted by Gasteiger charge is 2.21. The molecule has 0 bridgehead atoms. The molecule has 9 heteroatoms. The molecule has 0 spiro atoms. The average Bonchev–Trinajstić information content (AvgIpc) is 2.74. The Bertz CT molecular complexity index is 934. The first-order valence-corrected chi connectivity index (χ1v) is 11.2. The van der Waals surface area contributed by atoms with Gasteiger partial charge in [-0.1, -0.05) is 24.3 Å².